The van der Waals surface area contributed by atoms with Gasteiger partial charge in [-0.25, -0.2) is 0 Å². The highest BCUT2D eigenvalue weighted by atomic mass is 32.1. The highest BCUT2D eigenvalue weighted by molar-refractivity contribution is 7.07. The lowest BCUT2D eigenvalue weighted by atomic mass is 9.73. The predicted octanol–water partition coefficient (Wildman–Crippen LogP) is 3.57. The van der Waals surface area contributed by atoms with E-state index in [-0.39, 0.29) is 5.41 Å². The molecule has 1 unspecified atom stereocenters. The molecule has 0 radical (unpaired) electrons. The number of nitrogens with one attached hydrogen (secondary N) is 1. The molecule has 1 aromatic heterocycles. The largest absolute Gasteiger partial charge is 0.316 e. The van der Waals surface area contributed by atoms with E-state index in [1.54, 1.807) is 11.5 Å². The van der Waals surface area contributed by atoms with Crippen molar-refractivity contribution in [3.63, 3.8) is 0 Å². The van der Waals surface area contributed by atoms with Gasteiger partial charge in [0.15, 0.2) is 0 Å². The minimum absolute atomic E-state index is 0.216. The van der Waals surface area contributed by atoms with Crippen molar-refractivity contribution in [3.8, 4) is 0 Å². The number of rotatable bonds is 2. The first kappa shape index (κ1) is 12.1. The summed E-state index contributed by atoms with van der Waals surface area (Å²) < 4.78 is 4.60. The Morgan fingerprint density at radius 2 is 2.17 bits per heavy atom. The molecule has 2 nitrogen and oxygen atoms in total. The van der Waals surface area contributed by atoms with Crippen molar-refractivity contribution in [2.24, 2.45) is 5.92 Å². The summed E-state index contributed by atoms with van der Waals surface area (Å²) >= 11 is 1.69. The summed E-state index contributed by atoms with van der Waals surface area (Å²) in [5.74, 6) is 0.718. The van der Waals surface area contributed by atoms with Crippen LogP contribution in [0, 0.1) is 5.92 Å². The Balaban J connectivity index is 2.01. The maximum Gasteiger partial charge on any atom is 0.0843 e. The van der Waals surface area contributed by atoms with Crippen LogP contribution in [-0.4, -0.2) is 17.5 Å². The monoisotopic (exact) mass is 260 g/mol. The summed E-state index contributed by atoms with van der Waals surface area (Å²) in [6.45, 7) is 7.07. The molecule has 1 aliphatic rings. The van der Waals surface area contributed by atoms with E-state index < -0.39 is 0 Å². The van der Waals surface area contributed by atoms with Crippen LogP contribution in [0.3, 0.4) is 0 Å². The molecule has 0 saturated carbocycles. The third kappa shape index (κ3) is 1.95. The Labute approximate surface area is 113 Å². The Bertz CT molecular complexity index is 538. The fourth-order valence-corrected chi connectivity index (χ4v) is 4.03. The molecule has 1 atom stereocenters. The van der Waals surface area contributed by atoms with Crippen LogP contribution >= 0.6 is 11.5 Å². The van der Waals surface area contributed by atoms with Crippen LogP contribution in [0.15, 0.2) is 24.3 Å². The Morgan fingerprint density at radius 3 is 2.94 bits per heavy atom. The number of piperidine rings is 1. The lowest BCUT2D eigenvalue weighted by Crippen LogP contribution is -2.40. The van der Waals surface area contributed by atoms with Crippen molar-refractivity contribution in [2.45, 2.75) is 32.1 Å². The van der Waals surface area contributed by atoms with E-state index in [0.29, 0.717) is 0 Å². The van der Waals surface area contributed by atoms with Gasteiger partial charge in [0.1, 0.15) is 0 Å². The summed E-state index contributed by atoms with van der Waals surface area (Å²) in [4.78, 5) is 1.45. The van der Waals surface area contributed by atoms with E-state index in [0.717, 1.165) is 18.0 Å². The first-order chi connectivity index (χ1) is 8.69. The summed E-state index contributed by atoms with van der Waals surface area (Å²) in [7, 11) is 0. The van der Waals surface area contributed by atoms with E-state index in [9.17, 15) is 0 Å². The third-order valence-corrected chi connectivity index (χ3v) is 5.50. The first-order valence-electron chi connectivity index (χ1n) is 6.75. The molecule has 2 heterocycles. The quantitative estimate of drug-likeness (QED) is 0.893. The lowest BCUT2D eigenvalue weighted by molar-refractivity contribution is 0.257. The molecule has 1 N–H and O–H groups in total. The molecular weight excluding hydrogens is 240 g/mol. The average molecular weight is 260 g/mol. The van der Waals surface area contributed by atoms with Gasteiger partial charge in [-0.1, -0.05) is 32.0 Å². The second-order valence-corrected chi connectivity index (χ2v) is 6.57. The number of fused-ring (bicyclic) bond motifs is 1. The molecule has 1 fully saturated rings. The molecule has 2 aromatic rings. The Hall–Kier alpha value is -0.930. The number of aromatic nitrogens is 1. The number of benzene rings is 1. The molecule has 0 aliphatic carbocycles. The second kappa shape index (κ2) is 4.63. The van der Waals surface area contributed by atoms with Gasteiger partial charge in [-0.3, -0.25) is 0 Å². The zero-order valence-electron chi connectivity index (χ0n) is 11.1. The molecule has 1 aromatic carbocycles. The van der Waals surface area contributed by atoms with Crippen LogP contribution in [0.2, 0.25) is 0 Å². The SMILES string of the molecule is CC(C)(c1snc2ccccc12)C1CCCNC1. The average Bonchev–Trinajstić information content (AvgIpc) is 2.84. The van der Waals surface area contributed by atoms with Gasteiger partial charge in [-0.15, -0.1) is 0 Å². The van der Waals surface area contributed by atoms with Gasteiger partial charge in [0.05, 0.1) is 5.52 Å². The molecule has 3 heteroatoms. The van der Waals surface area contributed by atoms with Crippen molar-refractivity contribution in [1.82, 2.24) is 9.69 Å². The van der Waals surface area contributed by atoms with Gasteiger partial charge in [0, 0.05) is 15.7 Å². The zero-order chi connectivity index (χ0) is 12.6. The molecule has 18 heavy (non-hydrogen) atoms. The molecule has 96 valence electrons. The van der Waals surface area contributed by atoms with E-state index in [4.69, 9.17) is 0 Å². The van der Waals surface area contributed by atoms with Crippen LogP contribution in [0.5, 0.6) is 0 Å². The summed E-state index contributed by atoms with van der Waals surface area (Å²) in [6, 6.07) is 8.52. The zero-order valence-corrected chi connectivity index (χ0v) is 11.9. The highest BCUT2D eigenvalue weighted by Crippen LogP contribution is 2.41. The molecule has 1 saturated heterocycles. The minimum atomic E-state index is 0.216. The van der Waals surface area contributed by atoms with Gasteiger partial charge in [-0.2, -0.15) is 4.37 Å². The summed E-state index contributed by atoms with van der Waals surface area (Å²) in [5.41, 5.74) is 1.36. The summed E-state index contributed by atoms with van der Waals surface area (Å²) in [5, 5.41) is 4.88. The van der Waals surface area contributed by atoms with Gasteiger partial charge >= 0.3 is 0 Å². The number of nitrogens with zero attached hydrogens (tertiary/aromatic N) is 1. The molecule has 0 bridgehead atoms. The van der Waals surface area contributed by atoms with Crippen LogP contribution in [0.25, 0.3) is 10.9 Å². The maximum atomic E-state index is 4.60. The Morgan fingerprint density at radius 1 is 1.33 bits per heavy atom. The number of hydrogen-bond acceptors (Lipinski definition) is 3. The first-order valence-corrected chi connectivity index (χ1v) is 7.52. The van der Waals surface area contributed by atoms with E-state index >= 15 is 0 Å². The molecule has 1 aliphatic heterocycles. The molecular formula is C15H20N2S. The van der Waals surface area contributed by atoms with Crippen molar-refractivity contribution in [1.29, 1.82) is 0 Å². The Kier molecular flexibility index (Phi) is 3.12. The standard InChI is InChI=1S/C15H20N2S/c1-15(2,11-6-5-9-16-10-11)14-12-7-3-4-8-13(12)17-18-14/h3-4,7-8,11,16H,5-6,9-10H2,1-2H3. The minimum Gasteiger partial charge on any atom is -0.316 e. The van der Waals surface area contributed by atoms with E-state index in [1.807, 2.05) is 0 Å². The summed E-state index contributed by atoms with van der Waals surface area (Å²) in [6.07, 6.45) is 2.62. The van der Waals surface area contributed by atoms with Crippen molar-refractivity contribution in [2.75, 3.05) is 13.1 Å². The van der Waals surface area contributed by atoms with Crippen LogP contribution < -0.4 is 5.32 Å². The topological polar surface area (TPSA) is 24.9 Å². The van der Waals surface area contributed by atoms with Gasteiger partial charge in [-0.05, 0) is 49.4 Å². The fraction of sp³-hybridized carbons (Fsp3) is 0.533. The van der Waals surface area contributed by atoms with E-state index in [1.165, 1.54) is 29.6 Å². The third-order valence-electron chi connectivity index (χ3n) is 4.29. The van der Waals surface area contributed by atoms with Gasteiger partial charge in [0.25, 0.3) is 0 Å². The van der Waals surface area contributed by atoms with Crippen LogP contribution in [-0.2, 0) is 5.41 Å². The van der Waals surface area contributed by atoms with Gasteiger partial charge < -0.3 is 5.32 Å². The van der Waals surface area contributed by atoms with Crippen molar-refractivity contribution in [3.05, 3.63) is 29.1 Å². The van der Waals surface area contributed by atoms with E-state index in [2.05, 4.69) is 47.8 Å². The van der Waals surface area contributed by atoms with Gasteiger partial charge in [0.2, 0.25) is 0 Å². The molecule has 0 spiro atoms. The molecule has 0 amide bonds. The van der Waals surface area contributed by atoms with Crippen LogP contribution in [0.1, 0.15) is 31.6 Å². The highest BCUT2D eigenvalue weighted by Gasteiger charge is 2.34. The smallest absolute Gasteiger partial charge is 0.0843 e. The van der Waals surface area contributed by atoms with Crippen molar-refractivity contribution < 1.29 is 0 Å². The molecule has 3 rings (SSSR count). The second-order valence-electron chi connectivity index (χ2n) is 5.79. The van der Waals surface area contributed by atoms with Crippen LogP contribution in [0.4, 0.5) is 0 Å². The van der Waals surface area contributed by atoms with Crippen molar-refractivity contribution >= 4 is 22.4 Å². The predicted molar refractivity (Wildman–Crippen MR) is 78.2 cm³/mol. The fourth-order valence-electron chi connectivity index (χ4n) is 3.01. The number of hydrogen-bond donors (Lipinski definition) is 1. The lowest BCUT2D eigenvalue weighted by Gasteiger charge is -2.36. The maximum absolute atomic E-state index is 4.60. The normalized spacial score (nSPS) is 21.3.